The van der Waals surface area contributed by atoms with Crippen LogP contribution >= 0.6 is 0 Å². The third-order valence-corrected chi connectivity index (χ3v) is 9.69. The average Bonchev–Trinajstić information content (AvgIpc) is 2.74. The maximum Gasteiger partial charge on any atom is 0.351 e. The first-order valence-electron chi connectivity index (χ1n) is 8.08. The highest BCUT2D eigenvalue weighted by Gasteiger charge is 2.44. The van der Waals surface area contributed by atoms with E-state index in [0.717, 1.165) is 0 Å². The zero-order chi connectivity index (χ0) is 19.0. The van der Waals surface area contributed by atoms with Crippen LogP contribution in [-0.4, -0.2) is 46.0 Å². The molecule has 1 fully saturated rings. The van der Waals surface area contributed by atoms with Crippen molar-refractivity contribution in [3.05, 3.63) is 34.9 Å². The van der Waals surface area contributed by atoms with Crippen LogP contribution in [0, 0.1) is 0 Å². The lowest BCUT2D eigenvalue weighted by atomic mass is 10.1. The summed E-state index contributed by atoms with van der Waals surface area (Å²) in [5, 5.41) is 0. The molecule has 1 aliphatic heterocycles. The molecule has 0 spiro atoms. The second-order valence-corrected chi connectivity index (χ2v) is 14.0. The number of anilines is 1. The zero-order valence-corrected chi connectivity index (χ0v) is 17.6. The molecule has 8 nitrogen and oxygen atoms in total. The van der Waals surface area contributed by atoms with E-state index >= 15 is 0 Å². The Hall–Kier alpha value is -1.31. The molecule has 3 atom stereocenters. The van der Waals surface area contributed by atoms with Gasteiger partial charge in [0.1, 0.15) is 5.82 Å². The Balaban J connectivity index is 2.18. The van der Waals surface area contributed by atoms with Gasteiger partial charge in [0, 0.05) is 18.9 Å². The monoisotopic (exact) mass is 385 g/mol. The molecule has 0 aromatic carbocycles. The van der Waals surface area contributed by atoms with Crippen LogP contribution in [0.3, 0.4) is 0 Å². The normalized spacial score (nSPS) is 24.7. The van der Waals surface area contributed by atoms with E-state index < -0.39 is 29.0 Å². The van der Waals surface area contributed by atoms with Crippen molar-refractivity contribution >= 4 is 22.9 Å². The van der Waals surface area contributed by atoms with Gasteiger partial charge in [-0.05, 0) is 39.2 Å². The second-order valence-electron chi connectivity index (χ2n) is 6.96. The van der Waals surface area contributed by atoms with Crippen LogP contribution in [0.1, 0.15) is 13.2 Å². The largest absolute Gasteiger partial charge is 0.415 e. The fourth-order valence-corrected chi connectivity index (χ4v) is 9.00. The fraction of sp³-hybridized carbons (Fsp3) is 0.600. The molecule has 0 bridgehead atoms. The molecule has 25 heavy (non-hydrogen) atoms. The maximum atomic E-state index is 12.1. The molecular formula is C15H27N3O5Si2. The summed E-state index contributed by atoms with van der Waals surface area (Å²) < 4.78 is 25.1. The minimum Gasteiger partial charge on any atom is -0.415 e. The average molecular weight is 386 g/mol. The Morgan fingerprint density at radius 2 is 1.96 bits per heavy atom. The van der Waals surface area contributed by atoms with Gasteiger partial charge in [-0.3, -0.25) is 4.57 Å². The van der Waals surface area contributed by atoms with Crippen molar-refractivity contribution in [1.29, 1.82) is 0 Å². The Morgan fingerprint density at radius 3 is 2.52 bits per heavy atom. The first kappa shape index (κ1) is 20.0. The molecule has 1 aromatic rings. The molecule has 0 aliphatic carbocycles. The van der Waals surface area contributed by atoms with Crippen LogP contribution in [0.25, 0.3) is 0 Å². The Kier molecular flexibility index (Phi) is 5.71. The lowest BCUT2D eigenvalue weighted by Gasteiger charge is -2.34. The lowest BCUT2D eigenvalue weighted by Crippen LogP contribution is -2.50. The van der Waals surface area contributed by atoms with Gasteiger partial charge in [0.25, 0.3) is 0 Å². The topological polar surface area (TPSA) is 97.8 Å². The molecule has 2 N–H and O–H groups in total. The number of ether oxygens (including phenoxy) is 1. The second kappa shape index (κ2) is 7.13. The highest BCUT2D eigenvalue weighted by molar-refractivity contribution is 6.78. The molecular weight excluding hydrogens is 358 g/mol. The van der Waals surface area contributed by atoms with Crippen LogP contribution < -0.4 is 11.4 Å². The molecule has 1 saturated heterocycles. The number of hydrogen-bond acceptors (Lipinski definition) is 7. The van der Waals surface area contributed by atoms with Crippen molar-refractivity contribution < 1.29 is 17.7 Å². The van der Waals surface area contributed by atoms with E-state index in [9.17, 15) is 4.79 Å². The van der Waals surface area contributed by atoms with Gasteiger partial charge < -0.3 is 23.4 Å². The van der Waals surface area contributed by atoms with Gasteiger partial charge in [-0.2, -0.15) is 4.98 Å². The van der Waals surface area contributed by atoms with Crippen molar-refractivity contribution in [2.24, 2.45) is 0 Å². The smallest absolute Gasteiger partial charge is 0.351 e. The number of hydrogen-bond donors (Lipinski definition) is 1. The number of nitrogen functional groups attached to an aromatic ring is 1. The van der Waals surface area contributed by atoms with Crippen molar-refractivity contribution in [2.45, 2.75) is 51.5 Å². The molecule has 2 rings (SSSR count). The summed E-state index contributed by atoms with van der Waals surface area (Å²) in [6.07, 6.45) is 0.260. The molecule has 1 aromatic heterocycles. The molecule has 0 saturated carbocycles. The van der Waals surface area contributed by atoms with E-state index in [0.29, 0.717) is 5.57 Å². The summed E-state index contributed by atoms with van der Waals surface area (Å²) in [6, 6.07) is 1.55. The van der Waals surface area contributed by atoms with Gasteiger partial charge in [0.2, 0.25) is 0 Å². The highest BCUT2D eigenvalue weighted by atomic mass is 28.5. The Labute approximate surface area is 150 Å². The summed E-state index contributed by atoms with van der Waals surface area (Å²) >= 11 is 0. The van der Waals surface area contributed by atoms with Gasteiger partial charge in [-0.25, -0.2) is 4.79 Å². The molecule has 0 amide bonds. The summed E-state index contributed by atoms with van der Waals surface area (Å²) in [7, 11) is -3.08. The predicted molar refractivity (Wildman–Crippen MR) is 99.6 cm³/mol. The Bertz CT molecular complexity index is 707. The number of nitrogens with two attached hydrogens (primary N) is 1. The Morgan fingerprint density at radius 1 is 1.32 bits per heavy atom. The van der Waals surface area contributed by atoms with E-state index in [1.165, 1.54) is 4.57 Å². The van der Waals surface area contributed by atoms with Crippen LogP contribution in [0.4, 0.5) is 5.82 Å². The standard InChI is InChI=1S/C15H27N3O5Si2/c1-10-13(22-25(6,7)23-24(4,5)20-3)11(2)21-14(10)18-9-8-12(16)17-15(18)19/h8-9,11,13-14H,1H2,2-7H3,(H2,16,17,19)/t11-,13+,14?/m1/s1. The molecule has 10 heteroatoms. The summed E-state index contributed by atoms with van der Waals surface area (Å²) in [4.78, 5) is 15.8. The maximum absolute atomic E-state index is 12.1. The van der Waals surface area contributed by atoms with E-state index in [-0.39, 0.29) is 18.0 Å². The van der Waals surface area contributed by atoms with Crippen LogP contribution in [0.5, 0.6) is 0 Å². The summed E-state index contributed by atoms with van der Waals surface area (Å²) in [5.74, 6) is 0.166. The SMILES string of the molecule is C=C1C(n2ccc(N)nc2=O)O[C@H](C)[C@H]1O[Si](C)(C)O[Si](C)(C)OC. The van der Waals surface area contributed by atoms with E-state index in [1.54, 1.807) is 19.4 Å². The fourth-order valence-electron chi connectivity index (χ4n) is 2.79. The zero-order valence-electron chi connectivity index (χ0n) is 15.6. The molecule has 1 unspecified atom stereocenters. The van der Waals surface area contributed by atoms with Crippen LogP contribution in [-0.2, 0) is 17.7 Å². The van der Waals surface area contributed by atoms with Crippen molar-refractivity contribution in [3.8, 4) is 0 Å². The molecule has 2 heterocycles. The minimum atomic E-state index is -2.49. The van der Waals surface area contributed by atoms with Crippen molar-refractivity contribution in [3.63, 3.8) is 0 Å². The minimum absolute atomic E-state index is 0.166. The van der Waals surface area contributed by atoms with E-state index in [1.807, 2.05) is 33.1 Å². The third kappa shape index (κ3) is 4.65. The summed E-state index contributed by atoms with van der Waals surface area (Å²) in [5.41, 5.74) is 5.71. The molecule has 140 valence electrons. The highest BCUT2D eigenvalue weighted by Crippen LogP contribution is 2.36. The van der Waals surface area contributed by atoms with Gasteiger partial charge in [-0.1, -0.05) is 6.58 Å². The molecule has 0 radical (unpaired) electrons. The number of rotatable bonds is 6. The van der Waals surface area contributed by atoms with Crippen LogP contribution in [0.15, 0.2) is 29.2 Å². The lowest BCUT2D eigenvalue weighted by molar-refractivity contribution is -0.00772. The predicted octanol–water partition coefficient (Wildman–Crippen LogP) is 1.75. The van der Waals surface area contributed by atoms with Gasteiger partial charge in [-0.15, -0.1) is 0 Å². The molecule has 1 aliphatic rings. The number of aromatic nitrogens is 2. The van der Waals surface area contributed by atoms with Gasteiger partial charge in [0.15, 0.2) is 6.23 Å². The third-order valence-electron chi connectivity index (χ3n) is 3.95. The van der Waals surface area contributed by atoms with Crippen LogP contribution in [0.2, 0.25) is 26.2 Å². The first-order valence-corrected chi connectivity index (χ1v) is 13.7. The van der Waals surface area contributed by atoms with E-state index in [4.69, 9.17) is 23.4 Å². The van der Waals surface area contributed by atoms with Gasteiger partial charge in [0.05, 0.1) is 12.2 Å². The van der Waals surface area contributed by atoms with Crippen molar-refractivity contribution in [1.82, 2.24) is 9.55 Å². The van der Waals surface area contributed by atoms with Crippen molar-refractivity contribution in [2.75, 3.05) is 12.8 Å². The number of nitrogens with zero attached hydrogens (tertiary/aromatic N) is 2. The van der Waals surface area contributed by atoms with E-state index in [2.05, 4.69) is 11.6 Å². The first-order chi connectivity index (χ1) is 11.5. The van der Waals surface area contributed by atoms with Gasteiger partial charge >= 0.3 is 22.8 Å². The quantitative estimate of drug-likeness (QED) is 0.588. The summed E-state index contributed by atoms with van der Waals surface area (Å²) in [6.45, 7) is 13.8.